The molecule has 2 aromatic carbocycles. The van der Waals surface area contributed by atoms with E-state index in [9.17, 15) is 4.79 Å². The van der Waals surface area contributed by atoms with Crippen molar-refractivity contribution in [3.05, 3.63) is 84.1 Å². The summed E-state index contributed by atoms with van der Waals surface area (Å²) in [4.78, 5) is 11.7. The number of ether oxygens (including phenoxy) is 5. The highest BCUT2D eigenvalue weighted by Crippen LogP contribution is 2.31. The van der Waals surface area contributed by atoms with Crippen molar-refractivity contribution in [3.8, 4) is 0 Å². The molecule has 1 aliphatic heterocycles. The van der Waals surface area contributed by atoms with Gasteiger partial charge in [-0.15, -0.1) is 0 Å². The summed E-state index contributed by atoms with van der Waals surface area (Å²) in [5.41, 5.74) is 1.99. The first-order valence-electron chi connectivity index (χ1n) is 9.45. The summed E-state index contributed by atoms with van der Waals surface area (Å²) in [6.45, 7) is 5.88. The van der Waals surface area contributed by atoms with Crippen LogP contribution in [0.3, 0.4) is 0 Å². The molecule has 0 unspecified atom stereocenters. The zero-order valence-electron chi connectivity index (χ0n) is 16.7. The summed E-state index contributed by atoms with van der Waals surface area (Å²) in [6.07, 6.45) is -2.81. The fourth-order valence-corrected chi connectivity index (χ4v) is 3.18. The van der Waals surface area contributed by atoms with Crippen LogP contribution in [0.1, 0.15) is 18.1 Å². The Labute approximate surface area is 171 Å². The predicted octanol–water partition coefficient (Wildman–Crippen LogP) is 3.61. The molecule has 0 amide bonds. The van der Waals surface area contributed by atoms with Gasteiger partial charge in [0, 0.05) is 14.0 Å². The summed E-state index contributed by atoms with van der Waals surface area (Å²) in [7, 11) is 1.53. The highest BCUT2D eigenvalue weighted by Gasteiger charge is 2.47. The van der Waals surface area contributed by atoms with Crippen molar-refractivity contribution < 1.29 is 28.5 Å². The average Bonchev–Trinajstić information content (AvgIpc) is 2.74. The Morgan fingerprint density at radius 1 is 0.931 bits per heavy atom. The molecule has 1 saturated heterocycles. The molecule has 1 aliphatic rings. The molecule has 2 aromatic rings. The molecule has 4 atom stereocenters. The van der Waals surface area contributed by atoms with Crippen LogP contribution >= 0.6 is 0 Å². The first-order chi connectivity index (χ1) is 14.1. The second-order valence-electron chi connectivity index (χ2n) is 6.74. The number of hydrogen-bond acceptors (Lipinski definition) is 6. The van der Waals surface area contributed by atoms with E-state index in [0.29, 0.717) is 13.2 Å². The maximum atomic E-state index is 11.7. The number of methoxy groups -OCH3 is 1. The number of rotatable bonds is 8. The van der Waals surface area contributed by atoms with Gasteiger partial charge < -0.3 is 23.7 Å². The van der Waals surface area contributed by atoms with Crippen LogP contribution < -0.4 is 0 Å². The average molecular weight is 398 g/mol. The topological polar surface area (TPSA) is 63.2 Å². The monoisotopic (exact) mass is 398 g/mol. The summed E-state index contributed by atoms with van der Waals surface area (Å²) in [5.74, 6) is -0.185. The zero-order valence-corrected chi connectivity index (χ0v) is 16.7. The van der Waals surface area contributed by atoms with Crippen LogP contribution in [-0.4, -0.2) is 37.7 Å². The number of esters is 1. The normalized spacial score (nSPS) is 24.0. The lowest BCUT2D eigenvalue weighted by Gasteiger charge is -2.42. The van der Waals surface area contributed by atoms with Crippen LogP contribution in [0.2, 0.25) is 0 Å². The molecule has 0 saturated carbocycles. The third-order valence-corrected chi connectivity index (χ3v) is 4.57. The van der Waals surface area contributed by atoms with Gasteiger partial charge in [0.1, 0.15) is 11.9 Å². The molecule has 154 valence electrons. The van der Waals surface area contributed by atoms with Crippen molar-refractivity contribution in [1.82, 2.24) is 0 Å². The molecule has 0 N–H and O–H groups in total. The number of benzene rings is 2. The fraction of sp³-hybridized carbons (Fsp3) is 0.348. The highest BCUT2D eigenvalue weighted by molar-refractivity contribution is 5.66. The van der Waals surface area contributed by atoms with Crippen LogP contribution in [0, 0.1) is 0 Å². The molecule has 3 rings (SSSR count). The molecule has 0 bridgehead atoms. The standard InChI is InChI=1S/C23H26O6/c1-16-20(29-17(2)24)21(26-14-18-10-6-4-7-11-18)22(23(25-3)28-16)27-15-19-12-8-5-9-13-19/h4-13,20-23H,1,14-15H2,2-3H3/t20-,21+,22-,23+/m1/s1. The van der Waals surface area contributed by atoms with E-state index < -0.39 is 30.6 Å². The van der Waals surface area contributed by atoms with Crippen molar-refractivity contribution in [3.63, 3.8) is 0 Å². The van der Waals surface area contributed by atoms with Crippen LogP contribution in [0.15, 0.2) is 73.0 Å². The van der Waals surface area contributed by atoms with Gasteiger partial charge in [0.25, 0.3) is 0 Å². The van der Waals surface area contributed by atoms with Crippen molar-refractivity contribution >= 4 is 5.97 Å². The first-order valence-corrected chi connectivity index (χ1v) is 9.45. The third-order valence-electron chi connectivity index (χ3n) is 4.57. The second-order valence-corrected chi connectivity index (χ2v) is 6.74. The Morgan fingerprint density at radius 3 is 1.93 bits per heavy atom. The number of hydrogen-bond donors (Lipinski definition) is 0. The molecular weight excluding hydrogens is 372 g/mol. The van der Waals surface area contributed by atoms with E-state index in [0.717, 1.165) is 11.1 Å². The van der Waals surface area contributed by atoms with E-state index in [2.05, 4.69) is 6.58 Å². The lowest BCUT2D eigenvalue weighted by molar-refractivity contribution is -0.266. The summed E-state index contributed by atoms with van der Waals surface area (Å²) >= 11 is 0. The Morgan fingerprint density at radius 2 is 1.45 bits per heavy atom. The van der Waals surface area contributed by atoms with Crippen LogP contribution in [0.4, 0.5) is 0 Å². The van der Waals surface area contributed by atoms with Crippen molar-refractivity contribution in [2.75, 3.05) is 7.11 Å². The van der Waals surface area contributed by atoms with Crippen molar-refractivity contribution in [2.24, 2.45) is 0 Å². The van der Waals surface area contributed by atoms with Gasteiger partial charge in [-0.05, 0) is 11.1 Å². The van der Waals surface area contributed by atoms with Gasteiger partial charge in [-0.3, -0.25) is 4.79 Å². The molecule has 1 heterocycles. The molecule has 6 nitrogen and oxygen atoms in total. The highest BCUT2D eigenvalue weighted by atomic mass is 16.7. The zero-order chi connectivity index (χ0) is 20.6. The lowest BCUT2D eigenvalue weighted by Crippen LogP contribution is -2.55. The van der Waals surface area contributed by atoms with Gasteiger partial charge in [0.05, 0.1) is 13.2 Å². The van der Waals surface area contributed by atoms with Gasteiger partial charge in [-0.2, -0.15) is 0 Å². The lowest BCUT2D eigenvalue weighted by atomic mass is 10.0. The van der Waals surface area contributed by atoms with Crippen LogP contribution in [-0.2, 0) is 41.7 Å². The van der Waals surface area contributed by atoms with E-state index in [4.69, 9.17) is 23.7 Å². The SMILES string of the molecule is C=C1O[C@H](OC)[C@H](OCc2ccccc2)[C@@H](OCc2ccccc2)[C@@H]1OC(C)=O. The van der Waals surface area contributed by atoms with E-state index in [-0.39, 0.29) is 5.76 Å². The summed E-state index contributed by atoms with van der Waals surface area (Å²) < 4.78 is 28.9. The van der Waals surface area contributed by atoms with E-state index in [1.165, 1.54) is 14.0 Å². The Balaban J connectivity index is 1.81. The van der Waals surface area contributed by atoms with E-state index in [1.54, 1.807) is 0 Å². The predicted molar refractivity (Wildman–Crippen MR) is 107 cm³/mol. The largest absolute Gasteiger partial charge is 0.463 e. The quantitative estimate of drug-likeness (QED) is 0.633. The molecule has 0 aromatic heterocycles. The molecule has 29 heavy (non-hydrogen) atoms. The maximum Gasteiger partial charge on any atom is 0.303 e. The van der Waals surface area contributed by atoms with Crippen molar-refractivity contribution in [2.45, 2.75) is 44.7 Å². The van der Waals surface area contributed by atoms with Gasteiger partial charge in [-0.1, -0.05) is 67.2 Å². The second kappa shape index (κ2) is 10.2. The minimum atomic E-state index is -0.802. The molecular formula is C23H26O6. The van der Waals surface area contributed by atoms with Gasteiger partial charge in [-0.25, -0.2) is 0 Å². The first kappa shape index (κ1) is 21.0. The summed E-state index contributed by atoms with van der Waals surface area (Å²) in [6, 6.07) is 19.5. The minimum Gasteiger partial charge on any atom is -0.463 e. The van der Waals surface area contributed by atoms with E-state index in [1.807, 2.05) is 60.7 Å². The third kappa shape index (κ3) is 5.67. The van der Waals surface area contributed by atoms with Crippen LogP contribution in [0.25, 0.3) is 0 Å². The van der Waals surface area contributed by atoms with Gasteiger partial charge in [0.2, 0.25) is 6.29 Å². The Hall–Kier alpha value is -2.67. The fourth-order valence-electron chi connectivity index (χ4n) is 3.18. The van der Waals surface area contributed by atoms with Crippen LogP contribution in [0.5, 0.6) is 0 Å². The Kier molecular flexibility index (Phi) is 7.41. The van der Waals surface area contributed by atoms with E-state index >= 15 is 0 Å². The van der Waals surface area contributed by atoms with Crippen molar-refractivity contribution in [1.29, 1.82) is 0 Å². The number of carbonyl (C=O) groups excluding carboxylic acids is 1. The van der Waals surface area contributed by atoms with Gasteiger partial charge >= 0.3 is 5.97 Å². The minimum absolute atomic E-state index is 0.268. The number of carbonyl (C=O) groups is 1. The Bertz CT molecular complexity index is 792. The molecule has 6 heteroatoms. The molecule has 0 aliphatic carbocycles. The maximum absolute atomic E-state index is 11.7. The molecule has 1 fully saturated rings. The molecule has 0 radical (unpaired) electrons. The summed E-state index contributed by atoms with van der Waals surface area (Å²) in [5, 5.41) is 0. The van der Waals surface area contributed by atoms with Gasteiger partial charge in [0.15, 0.2) is 12.2 Å². The molecule has 0 spiro atoms. The smallest absolute Gasteiger partial charge is 0.303 e.